The Labute approximate surface area is 196 Å². The first-order valence-corrected chi connectivity index (χ1v) is 10.7. The maximum atomic E-state index is 15.1. The molecule has 1 heterocycles. The third-order valence-electron chi connectivity index (χ3n) is 5.02. The molecule has 1 aromatic heterocycles. The largest absolute Gasteiger partial charge is 0.393 e. The number of halogens is 2. The number of rotatable bonds is 9. The average molecular weight is 469 g/mol. The van der Waals surface area contributed by atoms with Crippen LogP contribution in [-0.2, 0) is 9.63 Å². The molecule has 0 aliphatic heterocycles. The Balaban J connectivity index is 2.24. The maximum Gasteiger partial charge on any atom is 0.253 e. The molecule has 0 unspecified atom stereocenters. The summed E-state index contributed by atoms with van der Waals surface area (Å²) in [5.41, 5.74) is 6.50. The van der Waals surface area contributed by atoms with Gasteiger partial charge < -0.3 is 20.9 Å². The normalized spacial score (nSPS) is 11.5. The molecule has 0 spiro atoms. The van der Waals surface area contributed by atoms with Gasteiger partial charge in [-0.2, -0.15) is 0 Å². The fourth-order valence-electron chi connectivity index (χ4n) is 3.40. The van der Waals surface area contributed by atoms with E-state index in [-0.39, 0.29) is 47.0 Å². The lowest BCUT2D eigenvalue weighted by Crippen LogP contribution is -2.28. The highest BCUT2D eigenvalue weighted by Crippen LogP contribution is 2.35. The molecule has 0 saturated heterocycles. The first-order chi connectivity index (χ1) is 16.2. The van der Waals surface area contributed by atoms with Crippen molar-refractivity contribution in [3.63, 3.8) is 0 Å². The van der Waals surface area contributed by atoms with Crippen molar-refractivity contribution in [2.24, 2.45) is 10.9 Å². The first kappa shape index (κ1) is 24.6. The number of hydrogen-bond donors (Lipinski definition) is 3. The van der Waals surface area contributed by atoms with E-state index in [1.165, 1.54) is 13.1 Å². The Morgan fingerprint density at radius 3 is 2.41 bits per heavy atom. The zero-order chi connectivity index (χ0) is 24.8. The van der Waals surface area contributed by atoms with Crippen LogP contribution in [0.25, 0.3) is 11.1 Å². The second kappa shape index (κ2) is 10.7. The molecule has 2 aromatic carbocycles. The lowest BCUT2D eigenvalue weighted by molar-refractivity contribution is -0.117. The Bertz CT molecular complexity index is 1220. The summed E-state index contributed by atoms with van der Waals surface area (Å²) in [5.74, 6) is -2.49. The van der Waals surface area contributed by atoms with Gasteiger partial charge in [0, 0.05) is 35.9 Å². The van der Waals surface area contributed by atoms with Gasteiger partial charge in [-0.25, -0.2) is 8.78 Å². The van der Waals surface area contributed by atoms with Crippen LogP contribution in [0, 0.1) is 18.6 Å². The van der Waals surface area contributed by atoms with Crippen molar-refractivity contribution in [1.82, 2.24) is 10.3 Å². The monoisotopic (exact) mass is 468 g/mol. The van der Waals surface area contributed by atoms with Gasteiger partial charge in [-0.1, -0.05) is 35.5 Å². The molecule has 2 amide bonds. The lowest BCUT2D eigenvalue weighted by atomic mass is 9.92. The molecule has 0 fully saturated rings. The Kier molecular flexibility index (Phi) is 7.78. The highest BCUT2D eigenvalue weighted by Gasteiger charge is 2.27. The first-order valence-electron chi connectivity index (χ1n) is 10.7. The topological polar surface area (TPSA) is 110 Å². The molecule has 0 aliphatic rings. The van der Waals surface area contributed by atoms with Gasteiger partial charge >= 0.3 is 0 Å². The summed E-state index contributed by atoms with van der Waals surface area (Å²) in [6.45, 7) is 5.03. The van der Waals surface area contributed by atoms with Gasteiger partial charge in [0.15, 0.2) is 0 Å². The molecule has 0 aliphatic carbocycles. The van der Waals surface area contributed by atoms with Crippen molar-refractivity contribution in [3.05, 3.63) is 82.7 Å². The van der Waals surface area contributed by atoms with Gasteiger partial charge in [-0.05, 0) is 38.5 Å². The number of benzene rings is 2. The number of nitrogens with zero attached hydrogens (tertiary/aromatic N) is 1. The van der Waals surface area contributed by atoms with Crippen LogP contribution in [-0.4, -0.2) is 35.2 Å². The molecule has 9 heteroatoms. The number of amides is 2. The van der Waals surface area contributed by atoms with Crippen LogP contribution in [0.15, 0.2) is 53.8 Å². The van der Waals surface area contributed by atoms with Crippen molar-refractivity contribution in [2.75, 3.05) is 6.54 Å². The number of carbonyl (C=O) groups excluding carboxylic acids is 2. The van der Waals surface area contributed by atoms with Crippen LogP contribution in [0.4, 0.5) is 8.78 Å². The third kappa shape index (κ3) is 5.48. The zero-order valence-corrected chi connectivity index (χ0v) is 19.1. The van der Waals surface area contributed by atoms with E-state index in [1.807, 2.05) is 6.07 Å². The Hall–Kier alpha value is -4.01. The molecule has 3 aromatic rings. The molecular weight excluding hydrogens is 442 g/mol. The Morgan fingerprint density at radius 1 is 1.09 bits per heavy atom. The number of primary amides is 1. The van der Waals surface area contributed by atoms with E-state index in [9.17, 15) is 14.0 Å². The van der Waals surface area contributed by atoms with Crippen LogP contribution in [0.2, 0.25) is 0 Å². The highest BCUT2D eigenvalue weighted by molar-refractivity contribution is 6.18. The predicted molar refractivity (Wildman–Crippen MR) is 125 cm³/mol. The number of aromatic nitrogens is 1. The molecular formula is C25H26F2N4O3. The summed E-state index contributed by atoms with van der Waals surface area (Å²) in [7, 11) is 0. The van der Waals surface area contributed by atoms with Crippen molar-refractivity contribution >= 4 is 17.5 Å². The predicted octanol–water partition coefficient (Wildman–Crippen LogP) is 4.05. The lowest BCUT2D eigenvalue weighted by Gasteiger charge is -2.14. The van der Waals surface area contributed by atoms with Gasteiger partial charge in [0.25, 0.3) is 5.91 Å². The number of hydrogen-bond acceptors (Lipinski definition) is 4. The van der Waals surface area contributed by atoms with Gasteiger partial charge in [0.1, 0.15) is 23.5 Å². The number of aromatic amines is 1. The molecule has 0 bridgehead atoms. The number of oxime groups is 1. The molecule has 34 heavy (non-hydrogen) atoms. The summed E-state index contributed by atoms with van der Waals surface area (Å²) in [6, 6.07) is 11.0. The van der Waals surface area contributed by atoms with Gasteiger partial charge in [-0.3, -0.25) is 9.59 Å². The molecule has 7 nitrogen and oxygen atoms in total. The molecule has 0 saturated carbocycles. The highest BCUT2D eigenvalue weighted by atomic mass is 19.1. The van der Waals surface area contributed by atoms with Crippen LogP contribution >= 0.6 is 0 Å². The van der Waals surface area contributed by atoms with Crippen molar-refractivity contribution < 1.29 is 23.2 Å². The minimum Gasteiger partial charge on any atom is -0.393 e. The van der Waals surface area contributed by atoms with Gasteiger partial charge in [-0.15, -0.1) is 0 Å². The Morgan fingerprint density at radius 2 is 1.76 bits per heavy atom. The van der Waals surface area contributed by atoms with E-state index >= 15 is 4.39 Å². The number of nitrogens with two attached hydrogens (primary N) is 1. The molecule has 0 atom stereocenters. The van der Waals surface area contributed by atoms with Gasteiger partial charge in [0.05, 0.1) is 11.3 Å². The van der Waals surface area contributed by atoms with Crippen molar-refractivity contribution in [2.45, 2.75) is 33.3 Å². The van der Waals surface area contributed by atoms with E-state index in [4.69, 9.17) is 10.6 Å². The van der Waals surface area contributed by atoms with E-state index in [1.54, 1.807) is 38.1 Å². The van der Waals surface area contributed by atoms with Crippen LogP contribution in [0.3, 0.4) is 0 Å². The number of carbonyl (C=O) groups is 2. The second-order valence-corrected chi connectivity index (χ2v) is 7.91. The van der Waals surface area contributed by atoms with E-state index < -0.39 is 23.4 Å². The third-order valence-corrected chi connectivity index (χ3v) is 5.02. The summed E-state index contributed by atoms with van der Waals surface area (Å²) >= 11 is 0. The summed E-state index contributed by atoms with van der Waals surface area (Å²) in [5, 5.41) is 6.86. The quantitative estimate of drug-likeness (QED) is 0.326. The van der Waals surface area contributed by atoms with Crippen molar-refractivity contribution in [3.8, 4) is 11.1 Å². The summed E-state index contributed by atoms with van der Waals surface area (Å²) < 4.78 is 29.6. The van der Waals surface area contributed by atoms with Crippen molar-refractivity contribution in [1.29, 1.82) is 0 Å². The summed E-state index contributed by atoms with van der Waals surface area (Å²) in [4.78, 5) is 32.5. The average Bonchev–Trinajstić information content (AvgIpc) is 3.21. The minimum absolute atomic E-state index is 0.00513. The van der Waals surface area contributed by atoms with Crippen LogP contribution in [0.1, 0.15) is 47.4 Å². The van der Waals surface area contributed by atoms with E-state index in [0.717, 1.165) is 12.1 Å². The van der Waals surface area contributed by atoms with Crippen LogP contribution < -0.4 is 11.1 Å². The van der Waals surface area contributed by atoms with Gasteiger partial charge in [0.2, 0.25) is 5.91 Å². The molecule has 0 radical (unpaired) electrons. The molecule has 4 N–H and O–H groups in total. The molecule has 3 rings (SSSR count). The maximum absolute atomic E-state index is 15.1. The molecule has 178 valence electrons. The minimum atomic E-state index is -0.705. The standard InChI is InChI=1S/C25H26F2N4O3/c1-14(2)34-31-23(16-7-5-4-6-8-16)24-22(21-15(3)18(26)9-10-19(21)27)17(13-30-24)25(33)29-12-11-20(28)32/h4-10,13-14,30H,11-12H2,1-3H3,(H2,28,32)(H,29,33)/b31-23+. The van der Waals surface area contributed by atoms with E-state index in [0.29, 0.717) is 11.3 Å². The van der Waals surface area contributed by atoms with E-state index in [2.05, 4.69) is 15.5 Å². The summed E-state index contributed by atoms with van der Waals surface area (Å²) in [6.07, 6.45) is 1.08. The fraction of sp³-hybridized carbons (Fsp3) is 0.240. The SMILES string of the molecule is Cc1c(F)ccc(F)c1-c1c(C(=O)NCCC(N)=O)c[nH]c1/C(=N/OC(C)C)c1ccccc1. The second-order valence-electron chi connectivity index (χ2n) is 7.91. The number of H-pyrrole nitrogens is 1. The smallest absolute Gasteiger partial charge is 0.253 e. The fourth-order valence-corrected chi connectivity index (χ4v) is 3.40. The van der Waals surface area contributed by atoms with Crippen LogP contribution in [0.5, 0.6) is 0 Å². The number of nitrogens with one attached hydrogen (secondary N) is 2. The zero-order valence-electron chi connectivity index (χ0n) is 19.1.